The molecule has 4 heteroatoms. The monoisotopic (exact) mass is 161 g/mol. The maximum Gasteiger partial charge on any atom is 0.643 e. The van der Waals surface area contributed by atoms with Crippen LogP contribution in [0.5, 0.6) is 0 Å². The highest BCUT2D eigenvalue weighted by molar-refractivity contribution is 7.54. The van der Waals surface area contributed by atoms with Crippen LogP contribution in [0.4, 0.5) is 0 Å². The number of hydrogen-bond donors (Lipinski definition) is 0. The Bertz CT molecular complexity index is 13.5. The third kappa shape index (κ3) is 53.2. The van der Waals surface area contributed by atoms with E-state index in [-0.39, 0.29) is 0 Å². The second kappa shape index (κ2) is 9.64. The highest BCUT2D eigenvalue weighted by atomic mass is 35.8. The summed E-state index contributed by atoms with van der Waals surface area (Å²) < 4.78 is 0. The van der Waals surface area contributed by atoms with Crippen molar-refractivity contribution < 1.29 is 0 Å². The molecule has 0 atom stereocenters. The standard InChI is InChI=1S/C2H5.Al.3ClH/c1-2;;;;/h1H2,2H3;;3*1H/q;+3;;;/p-3. The first kappa shape index (κ1) is 10.4. The molecule has 0 amide bonds. The molecule has 0 saturated carbocycles. The highest BCUT2D eigenvalue weighted by Gasteiger charge is 2.00. The van der Waals surface area contributed by atoms with Crippen LogP contribution in [0.25, 0.3) is 0 Å². The number of rotatable bonds is 0. The Morgan fingerprint density at radius 2 is 1.17 bits per heavy atom. The van der Waals surface area contributed by atoms with Crippen LogP contribution in [0.15, 0.2) is 0 Å². The van der Waals surface area contributed by atoms with Crippen molar-refractivity contribution in [2.24, 2.45) is 0 Å². The van der Waals surface area contributed by atoms with E-state index in [0.717, 1.165) is 0 Å². The molecule has 0 fully saturated rings. The van der Waals surface area contributed by atoms with Crippen molar-refractivity contribution in [3.05, 3.63) is 6.92 Å². The first-order chi connectivity index (χ1) is 2.73. The average Bonchev–Trinajstić information content (AvgIpc) is 1.41. The SMILES string of the molecule is [CH2]C.[Cl][Al]([Cl])[Cl]. The summed E-state index contributed by atoms with van der Waals surface area (Å²) in [5, 5.41) is 0. The van der Waals surface area contributed by atoms with Crippen molar-refractivity contribution in [2.45, 2.75) is 6.92 Å². The molecule has 0 saturated heterocycles. The maximum absolute atomic E-state index is 4.94. The van der Waals surface area contributed by atoms with Gasteiger partial charge >= 0.3 is 11.4 Å². The van der Waals surface area contributed by atoms with Crippen LogP contribution in [0, 0.1) is 6.92 Å². The van der Waals surface area contributed by atoms with Gasteiger partial charge in [0.05, 0.1) is 0 Å². The van der Waals surface area contributed by atoms with E-state index >= 15 is 0 Å². The van der Waals surface area contributed by atoms with Crippen LogP contribution in [0.3, 0.4) is 0 Å². The molecule has 0 heterocycles. The third-order valence-corrected chi connectivity index (χ3v) is 0. The van der Waals surface area contributed by atoms with E-state index in [9.17, 15) is 0 Å². The van der Waals surface area contributed by atoms with E-state index in [1.807, 2.05) is 0 Å². The Kier molecular flexibility index (Phi) is 16.7. The minimum Gasteiger partial charge on any atom is -0.214 e. The fourth-order valence-electron chi connectivity index (χ4n) is 0. The second-order valence-electron chi connectivity index (χ2n) is 0.247. The quantitative estimate of drug-likeness (QED) is 0.480. The summed E-state index contributed by atoms with van der Waals surface area (Å²) in [5.41, 5.74) is 0. The fourth-order valence-corrected chi connectivity index (χ4v) is 0. The lowest BCUT2D eigenvalue weighted by Crippen LogP contribution is -1.66. The normalized spacial score (nSPS) is 5.50. The van der Waals surface area contributed by atoms with Crippen molar-refractivity contribution in [1.82, 2.24) is 0 Å². The first-order valence-electron chi connectivity index (χ1n) is 1.36. The summed E-state index contributed by atoms with van der Waals surface area (Å²) in [7, 11) is 14.8. The van der Waals surface area contributed by atoms with Crippen LogP contribution in [0.2, 0.25) is 0 Å². The van der Waals surface area contributed by atoms with E-state index in [0.29, 0.717) is 0 Å². The van der Waals surface area contributed by atoms with Crippen molar-refractivity contribution >= 4 is 41.5 Å². The van der Waals surface area contributed by atoms with Gasteiger partial charge in [-0.15, -0.1) is 0 Å². The predicted molar refractivity (Wildman–Crippen MR) is 34.3 cm³/mol. The van der Waals surface area contributed by atoms with Crippen LogP contribution in [-0.2, 0) is 0 Å². The van der Waals surface area contributed by atoms with Gasteiger partial charge in [0, 0.05) is 0 Å². The molecule has 1 radical (unpaired) electrons. The van der Waals surface area contributed by atoms with E-state index < -0.39 is 11.4 Å². The van der Waals surface area contributed by atoms with Crippen molar-refractivity contribution in [3.8, 4) is 0 Å². The molecule has 0 aliphatic carbocycles. The van der Waals surface area contributed by atoms with Gasteiger partial charge in [0.2, 0.25) is 0 Å². The molecule has 6 heavy (non-hydrogen) atoms. The van der Waals surface area contributed by atoms with Gasteiger partial charge in [-0.05, 0) is 0 Å². The van der Waals surface area contributed by atoms with Crippen LogP contribution < -0.4 is 0 Å². The van der Waals surface area contributed by atoms with Gasteiger partial charge < -0.3 is 0 Å². The topological polar surface area (TPSA) is 0 Å². The molecule has 0 rings (SSSR count). The largest absolute Gasteiger partial charge is 0.643 e. The van der Waals surface area contributed by atoms with Gasteiger partial charge in [-0.25, -0.2) is 30.1 Å². The molecule has 37 valence electrons. The van der Waals surface area contributed by atoms with Gasteiger partial charge in [0.15, 0.2) is 0 Å². The van der Waals surface area contributed by atoms with Crippen molar-refractivity contribution in [3.63, 3.8) is 0 Å². The molecular formula is C2H5AlCl3. The number of hydrogen-bond acceptors (Lipinski definition) is 0. The summed E-state index contributed by atoms with van der Waals surface area (Å²) >= 11 is -1.72. The molecular weight excluding hydrogens is 157 g/mol. The Morgan fingerprint density at radius 3 is 1.17 bits per heavy atom. The second-order valence-corrected chi connectivity index (χ2v) is 6.68. The van der Waals surface area contributed by atoms with Crippen LogP contribution in [-0.4, -0.2) is 11.4 Å². The minimum atomic E-state index is -1.72. The zero-order chi connectivity index (χ0) is 5.58. The van der Waals surface area contributed by atoms with Gasteiger partial charge in [-0.1, -0.05) is 13.8 Å². The first-order valence-corrected chi connectivity index (χ1v) is 6.60. The highest BCUT2D eigenvalue weighted by Crippen LogP contribution is 1.97. The van der Waals surface area contributed by atoms with E-state index in [1.165, 1.54) is 0 Å². The lowest BCUT2D eigenvalue weighted by atomic mass is 11.0. The van der Waals surface area contributed by atoms with Gasteiger partial charge in [0.1, 0.15) is 0 Å². The zero-order valence-electron chi connectivity index (χ0n) is 3.42. The van der Waals surface area contributed by atoms with Crippen LogP contribution >= 0.6 is 30.1 Å². The summed E-state index contributed by atoms with van der Waals surface area (Å²) in [4.78, 5) is 0. The van der Waals surface area contributed by atoms with Crippen molar-refractivity contribution in [2.75, 3.05) is 0 Å². The molecule has 0 bridgehead atoms. The van der Waals surface area contributed by atoms with E-state index in [2.05, 4.69) is 6.92 Å². The Hall–Kier alpha value is 1.40. The summed E-state index contributed by atoms with van der Waals surface area (Å²) in [6.07, 6.45) is 0. The Balaban J connectivity index is 0. The lowest BCUT2D eigenvalue weighted by molar-refractivity contribution is 1.81. The van der Waals surface area contributed by atoms with Gasteiger partial charge in [0.25, 0.3) is 0 Å². The predicted octanol–water partition coefficient (Wildman–Crippen LogP) is 2.53. The van der Waals surface area contributed by atoms with E-state index in [1.54, 1.807) is 6.92 Å². The van der Waals surface area contributed by atoms with Crippen molar-refractivity contribution in [1.29, 1.82) is 0 Å². The van der Waals surface area contributed by atoms with E-state index in [4.69, 9.17) is 30.1 Å². The third-order valence-electron chi connectivity index (χ3n) is 0. The maximum atomic E-state index is 4.94. The Morgan fingerprint density at radius 1 is 1.17 bits per heavy atom. The molecule has 0 aromatic heterocycles. The van der Waals surface area contributed by atoms with Gasteiger partial charge in [-0.3, -0.25) is 0 Å². The zero-order valence-corrected chi connectivity index (χ0v) is 6.84. The molecule has 0 aliphatic heterocycles. The Labute approximate surface area is 55.4 Å². The molecule has 0 aromatic carbocycles. The minimum absolute atomic E-state index is 1.72. The summed E-state index contributed by atoms with van der Waals surface area (Å²) in [5.74, 6) is 0. The average molecular weight is 162 g/mol. The summed E-state index contributed by atoms with van der Waals surface area (Å²) in [6, 6.07) is 0. The van der Waals surface area contributed by atoms with Crippen LogP contribution in [0.1, 0.15) is 6.92 Å². The molecule has 0 unspecified atom stereocenters. The van der Waals surface area contributed by atoms with Gasteiger partial charge in [-0.2, -0.15) is 0 Å². The molecule has 0 N–H and O–H groups in total. The summed E-state index contributed by atoms with van der Waals surface area (Å²) in [6.45, 7) is 5.00. The number of halogens is 3. The molecule has 0 aliphatic rings. The molecule has 0 spiro atoms. The molecule has 0 nitrogen and oxygen atoms in total. The smallest absolute Gasteiger partial charge is 0.214 e. The fraction of sp³-hybridized carbons (Fsp3) is 0.500. The molecule has 0 aromatic rings. The lowest BCUT2D eigenvalue weighted by Gasteiger charge is -1.57.